The maximum atomic E-state index is 11.8. The van der Waals surface area contributed by atoms with E-state index < -0.39 is 17.1 Å². The van der Waals surface area contributed by atoms with Crippen molar-refractivity contribution in [2.45, 2.75) is 155 Å². The van der Waals surface area contributed by atoms with Crippen LogP contribution in [0.1, 0.15) is 120 Å². The van der Waals surface area contributed by atoms with Gasteiger partial charge in [-0.15, -0.1) is 0 Å². The molecule has 0 saturated heterocycles. The Labute approximate surface area is 318 Å². The molecule has 0 bridgehead atoms. The third-order valence-electron chi connectivity index (χ3n) is 8.42. The Morgan fingerprint density at radius 2 is 1.19 bits per heavy atom. The van der Waals surface area contributed by atoms with Crippen LogP contribution in [-0.4, -0.2) is 85.5 Å². The molecule has 2 aliphatic rings. The number of amides is 2. The Balaban J connectivity index is 0.000000291. The first-order chi connectivity index (χ1) is 25.4. The second kappa shape index (κ2) is 20.5. The molecule has 0 aliphatic heterocycles. The number of alkyl carbamates (subject to hydrolysis) is 2. The third-order valence-corrected chi connectivity index (χ3v) is 8.42. The fraction of sp³-hybridized carbons (Fsp3) is 0.722. The van der Waals surface area contributed by atoms with Crippen molar-refractivity contribution in [2.24, 2.45) is 0 Å². The molecule has 2 aromatic heterocycles. The topological polar surface area (TPSA) is 246 Å². The fourth-order valence-electron chi connectivity index (χ4n) is 5.76. The van der Waals surface area contributed by atoms with Gasteiger partial charge in [0.2, 0.25) is 17.7 Å². The summed E-state index contributed by atoms with van der Waals surface area (Å²) >= 11 is 0. The monoisotopic (exact) mass is 758 g/mol. The average molecular weight is 759 g/mol. The lowest BCUT2D eigenvalue weighted by molar-refractivity contribution is -0.384. The third kappa shape index (κ3) is 16.8. The average Bonchev–Trinajstić information content (AvgIpc) is 3.76. The second-order valence-electron chi connectivity index (χ2n) is 16.0. The molecular formula is C36H62N12O6. The first kappa shape index (κ1) is 43.5. The Morgan fingerprint density at radius 1 is 0.778 bits per heavy atom. The molecule has 4 rings (SSSR count). The number of ether oxygens (including phenoxy) is 2. The number of carbonyl (C=O) groups is 2. The van der Waals surface area contributed by atoms with E-state index in [1.165, 1.54) is 19.0 Å². The summed E-state index contributed by atoms with van der Waals surface area (Å²) in [5.41, 5.74) is 5.58. The number of nitrogen functional groups attached to an aromatic ring is 1. The quantitative estimate of drug-likeness (QED) is 0.0749. The Morgan fingerprint density at radius 3 is 1.61 bits per heavy atom. The second-order valence-corrected chi connectivity index (χ2v) is 16.0. The Hall–Kier alpha value is -4.90. The number of nitrogens with zero attached hydrogens (tertiary/aromatic N) is 5. The van der Waals surface area contributed by atoms with E-state index >= 15 is 0 Å². The van der Waals surface area contributed by atoms with Gasteiger partial charge in [-0.1, -0.05) is 25.7 Å². The summed E-state index contributed by atoms with van der Waals surface area (Å²) < 4.78 is 10.6. The van der Waals surface area contributed by atoms with Crippen LogP contribution in [0.2, 0.25) is 0 Å². The summed E-state index contributed by atoms with van der Waals surface area (Å²) in [7, 11) is 0. The van der Waals surface area contributed by atoms with Crippen molar-refractivity contribution in [3.05, 3.63) is 22.5 Å². The van der Waals surface area contributed by atoms with E-state index in [0.717, 1.165) is 38.5 Å². The molecule has 2 aromatic rings. The van der Waals surface area contributed by atoms with Gasteiger partial charge < -0.3 is 47.1 Å². The van der Waals surface area contributed by atoms with Gasteiger partial charge in [-0.05, 0) is 81.1 Å². The zero-order chi connectivity index (χ0) is 39.9. The standard InChI is InChI=1S/C18H30N6O4.C18H32N6O2/c1-12(28-17(25)23-18(2,3)4)9-10-19-15-14(24(26)27)11-20-16(22-15)21-13-7-5-6-8-13;1-12(26-17(25)24-18(2,3)4)9-10-20-15-14(19)11-21-16(23-15)22-13-7-5-6-8-13/h11-13H,5-10H2,1-4H3,(H,23,25)(H2,19,20,21,22);11-13H,5-10,19H2,1-4H3,(H,24,25)(H2,20,21,22,23). The molecule has 18 heteroatoms. The van der Waals surface area contributed by atoms with Crippen molar-refractivity contribution >= 4 is 47.1 Å². The lowest BCUT2D eigenvalue weighted by Gasteiger charge is -2.22. The Bertz CT molecular complexity index is 1500. The van der Waals surface area contributed by atoms with Crippen LogP contribution in [0, 0.1) is 10.1 Å². The molecular weight excluding hydrogens is 696 g/mol. The van der Waals surface area contributed by atoms with Gasteiger partial charge in [-0.2, -0.15) is 9.97 Å². The molecule has 2 heterocycles. The predicted molar refractivity (Wildman–Crippen MR) is 211 cm³/mol. The number of anilines is 5. The number of carbonyl (C=O) groups excluding carboxylic acids is 2. The molecule has 0 spiro atoms. The highest BCUT2D eigenvalue weighted by atomic mass is 16.6. The van der Waals surface area contributed by atoms with Crippen LogP contribution >= 0.6 is 0 Å². The highest BCUT2D eigenvalue weighted by Crippen LogP contribution is 2.26. The van der Waals surface area contributed by atoms with Crippen molar-refractivity contribution in [3.8, 4) is 0 Å². The van der Waals surface area contributed by atoms with E-state index in [9.17, 15) is 19.7 Å². The molecule has 2 aliphatic carbocycles. The molecule has 2 atom stereocenters. The van der Waals surface area contributed by atoms with Crippen LogP contribution in [0.15, 0.2) is 12.4 Å². The molecule has 302 valence electrons. The van der Waals surface area contributed by atoms with Crippen LogP contribution < -0.4 is 37.6 Å². The highest BCUT2D eigenvalue weighted by molar-refractivity contribution is 5.68. The summed E-state index contributed by atoms with van der Waals surface area (Å²) in [6, 6.07) is 0.755. The SMILES string of the molecule is CC(CCNc1nc(NC2CCCC2)ncc1N)OC(=O)NC(C)(C)C.CC(CCNc1nc(NC2CCCC2)ncc1[N+](=O)[O-])OC(=O)NC(C)(C)C. The van der Waals surface area contributed by atoms with Crippen molar-refractivity contribution < 1.29 is 24.0 Å². The van der Waals surface area contributed by atoms with Gasteiger partial charge >= 0.3 is 17.9 Å². The lowest BCUT2D eigenvalue weighted by Crippen LogP contribution is -2.42. The minimum atomic E-state index is -0.515. The van der Waals surface area contributed by atoms with Crippen LogP contribution in [0.5, 0.6) is 0 Å². The van der Waals surface area contributed by atoms with E-state index in [-0.39, 0.29) is 34.8 Å². The fourth-order valence-corrected chi connectivity index (χ4v) is 5.76. The first-order valence-electron chi connectivity index (χ1n) is 19.0. The van der Waals surface area contributed by atoms with E-state index in [1.54, 1.807) is 13.1 Å². The number of nitro groups is 1. The van der Waals surface area contributed by atoms with E-state index in [1.807, 2.05) is 48.5 Å². The van der Waals surface area contributed by atoms with Crippen LogP contribution in [0.25, 0.3) is 0 Å². The zero-order valence-corrected chi connectivity index (χ0v) is 33.2. The maximum absolute atomic E-state index is 11.8. The normalized spacial score (nSPS) is 15.9. The summed E-state index contributed by atoms with van der Waals surface area (Å²) in [5, 5.41) is 29.5. The number of nitrogens with one attached hydrogen (secondary N) is 6. The van der Waals surface area contributed by atoms with E-state index in [4.69, 9.17) is 15.2 Å². The molecule has 2 amide bonds. The summed E-state index contributed by atoms with van der Waals surface area (Å²) in [6.45, 7) is 15.9. The van der Waals surface area contributed by atoms with Gasteiger partial charge in [0.15, 0.2) is 5.82 Å². The van der Waals surface area contributed by atoms with E-state index in [0.29, 0.717) is 61.4 Å². The molecule has 54 heavy (non-hydrogen) atoms. The maximum Gasteiger partial charge on any atom is 0.407 e. The predicted octanol–water partition coefficient (Wildman–Crippen LogP) is 6.58. The first-order valence-corrected chi connectivity index (χ1v) is 19.0. The number of hydrogen-bond acceptors (Lipinski definition) is 15. The highest BCUT2D eigenvalue weighted by Gasteiger charge is 2.22. The zero-order valence-electron chi connectivity index (χ0n) is 33.2. The van der Waals surface area contributed by atoms with Gasteiger partial charge in [-0.25, -0.2) is 19.6 Å². The molecule has 8 N–H and O–H groups in total. The van der Waals surface area contributed by atoms with Gasteiger partial charge in [0.05, 0.1) is 16.8 Å². The molecule has 2 unspecified atom stereocenters. The van der Waals surface area contributed by atoms with Gasteiger partial charge in [-0.3, -0.25) is 10.1 Å². The molecule has 2 saturated carbocycles. The van der Waals surface area contributed by atoms with Crippen molar-refractivity contribution in [1.29, 1.82) is 0 Å². The van der Waals surface area contributed by atoms with Crippen molar-refractivity contribution in [3.63, 3.8) is 0 Å². The van der Waals surface area contributed by atoms with Crippen LogP contribution in [0.3, 0.4) is 0 Å². The number of hydrogen-bond donors (Lipinski definition) is 7. The van der Waals surface area contributed by atoms with Crippen molar-refractivity contribution in [2.75, 3.05) is 40.1 Å². The van der Waals surface area contributed by atoms with Crippen LogP contribution in [-0.2, 0) is 9.47 Å². The summed E-state index contributed by atoms with van der Waals surface area (Å²) in [4.78, 5) is 51.3. The minimum absolute atomic E-state index is 0.159. The smallest absolute Gasteiger partial charge is 0.407 e. The van der Waals surface area contributed by atoms with Gasteiger partial charge in [0, 0.05) is 49.1 Å². The molecule has 0 aromatic carbocycles. The van der Waals surface area contributed by atoms with Gasteiger partial charge in [0.25, 0.3) is 0 Å². The number of aromatic nitrogens is 4. The number of rotatable bonds is 15. The lowest BCUT2D eigenvalue weighted by atomic mass is 10.1. The minimum Gasteiger partial charge on any atom is -0.446 e. The largest absolute Gasteiger partial charge is 0.446 e. The summed E-state index contributed by atoms with van der Waals surface area (Å²) in [6.07, 6.45) is 11.7. The molecule has 0 radical (unpaired) electrons. The Kier molecular flexibility index (Phi) is 16.5. The molecule has 18 nitrogen and oxygen atoms in total. The van der Waals surface area contributed by atoms with Crippen molar-refractivity contribution in [1.82, 2.24) is 30.6 Å². The van der Waals surface area contributed by atoms with Crippen LogP contribution in [0.4, 0.5) is 44.5 Å². The molecule has 2 fully saturated rings. The van der Waals surface area contributed by atoms with Gasteiger partial charge in [0.1, 0.15) is 18.4 Å². The summed E-state index contributed by atoms with van der Waals surface area (Å²) in [5.74, 6) is 1.75. The number of nitrogens with two attached hydrogens (primary N) is 1. The van der Waals surface area contributed by atoms with E-state index in [2.05, 4.69) is 51.8 Å².